The number of piperazine rings is 1. The summed E-state index contributed by atoms with van der Waals surface area (Å²) in [5.41, 5.74) is 9.64. The molecular weight excluding hydrogens is 428 g/mol. The van der Waals surface area contributed by atoms with Crippen LogP contribution in [0.4, 0.5) is 5.69 Å². The summed E-state index contributed by atoms with van der Waals surface area (Å²) in [6.07, 6.45) is 3.44. The number of aromatic nitrogens is 2. The second kappa shape index (κ2) is 9.07. The zero-order valence-electron chi connectivity index (χ0n) is 18.7. The fourth-order valence-corrected chi connectivity index (χ4v) is 4.60. The summed E-state index contributed by atoms with van der Waals surface area (Å²) in [6.45, 7) is 6.03. The number of nitrogens with zero attached hydrogens (tertiary/aromatic N) is 4. The molecule has 0 saturated carbocycles. The number of anilines is 1. The molecule has 1 unspecified atom stereocenters. The summed E-state index contributed by atoms with van der Waals surface area (Å²) in [6, 6.07) is 9.93. The minimum Gasteiger partial charge on any atom is -0.381 e. The van der Waals surface area contributed by atoms with E-state index < -0.39 is 5.91 Å². The molecule has 1 aliphatic rings. The van der Waals surface area contributed by atoms with Crippen LogP contribution in [0.25, 0.3) is 5.52 Å². The number of aryl methyl sites for hydroxylation is 1. The summed E-state index contributed by atoms with van der Waals surface area (Å²) in [5.74, 6) is -0.512. The number of hydroxylamine groups is 3. The zero-order valence-corrected chi connectivity index (χ0v) is 19.5. The highest BCUT2D eigenvalue weighted by molar-refractivity contribution is 6.31. The average molecular weight is 458 g/mol. The van der Waals surface area contributed by atoms with Gasteiger partial charge in [0.15, 0.2) is 0 Å². The average Bonchev–Trinajstić information content (AvgIpc) is 3.16. The Hall–Kier alpha value is -2.65. The number of nitrogens with two attached hydrogens (primary N) is 1. The zero-order chi connectivity index (χ0) is 22.9. The van der Waals surface area contributed by atoms with Crippen LogP contribution < -0.4 is 11.1 Å². The Morgan fingerprint density at radius 3 is 2.72 bits per heavy atom. The van der Waals surface area contributed by atoms with Gasteiger partial charge in [0.1, 0.15) is 13.1 Å². The van der Waals surface area contributed by atoms with E-state index in [1.165, 1.54) is 6.20 Å². The second-order valence-electron chi connectivity index (χ2n) is 8.53. The molecule has 1 atom stereocenters. The van der Waals surface area contributed by atoms with Gasteiger partial charge in [-0.25, -0.2) is 9.35 Å². The number of quaternary nitrogens is 1. The molecule has 0 bridgehead atoms. The molecule has 1 aliphatic heterocycles. The van der Waals surface area contributed by atoms with Crippen LogP contribution in [0.15, 0.2) is 42.7 Å². The topological polar surface area (TPSA) is 84.9 Å². The Labute approximate surface area is 193 Å². The van der Waals surface area contributed by atoms with Crippen molar-refractivity contribution in [3.05, 3.63) is 64.4 Å². The molecule has 32 heavy (non-hydrogen) atoms. The Balaban J connectivity index is 1.66. The third kappa shape index (κ3) is 4.45. The standard InChI is InChI=1S/C23H29ClN6O2/c1-16-12-20-22(18(23(25)31)13-27-29(20)15-16)26-14-21(17-6-4-5-7-19(17)24)28-8-10-30(2,32-3)11-9-28/h4-7,12-13,15,21H,8-11,14H2,1-3H3,(H2-,25,26,27,31)/p+1. The number of fused-ring (bicyclic) bond motifs is 1. The van der Waals surface area contributed by atoms with Crippen LogP contribution in [0.3, 0.4) is 0 Å². The number of carbonyl (C=O) groups excluding carboxylic acids is 1. The summed E-state index contributed by atoms with van der Waals surface area (Å²) in [4.78, 5) is 20.2. The van der Waals surface area contributed by atoms with Crippen molar-refractivity contribution < 1.29 is 14.3 Å². The lowest BCUT2D eigenvalue weighted by Crippen LogP contribution is -2.57. The lowest BCUT2D eigenvalue weighted by atomic mass is 10.0. The monoisotopic (exact) mass is 457 g/mol. The van der Waals surface area contributed by atoms with E-state index in [1.807, 2.05) is 37.4 Å². The third-order valence-corrected chi connectivity index (χ3v) is 6.72. The van der Waals surface area contributed by atoms with Gasteiger partial charge in [0.2, 0.25) is 0 Å². The molecular formula is C23H30ClN6O2+. The molecule has 3 aromatic rings. The minimum atomic E-state index is -0.512. The Bertz CT molecular complexity index is 1120. The number of benzene rings is 1. The van der Waals surface area contributed by atoms with E-state index in [-0.39, 0.29) is 6.04 Å². The van der Waals surface area contributed by atoms with Gasteiger partial charge in [-0.2, -0.15) is 9.75 Å². The number of amides is 1. The Morgan fingerprint density at radius 1 is 1.34 bits per heavy atom. The van der Waals surface area contributed by atoms with Crippen LogP contribution in [0.1, 0.15) is 27.5 Å². The smallest absolute Gasteiger partial charge is 0.252 e. The van der Waals surface area contributed by atoms with Gasteiger partial charge in [-0.3, -0.25) is 9.69 Å². The normalized spacial score (nSPS) is 17.4. The van der Waals surface area contributed by atoms with Crippen LogP contribution in [0.5, 0.6) is 0 Å². The molecule has 3 N–H and O–H groups in total. The minimum absolute atomic E-state index is 0.0132. The van der Waals surface area contributed by atoms with Gasteiger partial charge in [-0.15, -0.1) is 0 Å². The number of halogens is 1. The second-order valence-corrected chi connectivity index (χ2v) is 8.93. The molecule has 1 aromatic carbocycles. The maximum absolute atomic E-state index is 12.1. The fourth-order valence-electron chi connectivity index (χ4n) is 4.34. The highest BCUT2D eigenvalue weighted by Crippen LogP contribution is 2.31. The maximum Gasteiger partial charge on any atom is 0.252 e. The molecule has 3 heterocycles. The first-order chi connectivity index (χ1) is 15.3. The molecule has 0 aliphatic carbocycles. The third-order valence-electron chi connectivity index (χ3n) is 6.38. The van der Waals surface area contributed by atoms with Crippen LogP contribution in [-0.2, 0) is 4.84 Å². The van der Waals surface area contributed by atoms with Crippen molar-refractivity contribution >= 4 is 28.7 Å². The first kappa shape index (κ1) is 22.5. The van der Waals surface area contributed by atoms with E-state index >= 15 is 0 Å². The first-order valence-corrected chi connectivity index (χ1v) is 11.1. The molecule has 2 aromatic heterocycles. The predicted molar refractivity (Wildman–Crippen MR) is 126 cm³/mol. The molecule has 4 rings (SSSR count). The van der Waals surface area contributed by atoms with Crippen LogP contribution >= 0.6 is 11.6 Å². The maximum atomic E-state index is 12.1. The molecule has 1 saturated heterocycles. The van der Waals surface area contributed by atoms with Crippen LogP contribution in [0.2, 0.25) is 5.02 Å². The Morgan fingerprint density at radius 2 is 2.06 bits per heavy atom. The van der Waals surface area contributed by atoms with Gasteiger partial charge in [-0.1, -0.05) is 29.8 Å². The number of likely N-dealkylation sites (N-methyl/N-ethyl adjacent to an activating group) is 1. The van der Waals surface area contributed by atoms with Gasteiger partial charge in [-0.05, 0) is 30.2 Å². The molecule has 0 spiro atoms. The van der Waals surface area contributed by atoms with E-state index in [4.69, 9.17) is 22.2 Å². The first-order valence-electron chi connectivity index (χ1n) is 10.7. The molecule has 8 nitrogen and oxygen atoms in total. The number of hydrogen-bond acceptors (Lipinski definition) is 5. The number of rotatable bonds is 7. The van der Waals surface area contributed by atoms with Gasteiger partial charge in [0.25, 0.3) is 5.91 Å². The molecule has 9 heteroatoms. The van der Waals surface area contributed by atoms with Crippen LogP contribution in [0, 0.1) is 6.92 Å². The summed E-state index contributed by atoms with van der Waals surface area (Å²) in [5, 5.41) is 8.56. The fraction of sp³-hybridized carbons (Fsp3) is 0.391. The largest absolute Gasteiger partial charge is 0.381 e. The van der Waals surface area contributed by atoms with E-state index in [9.17, 15) is 4.79 Å². The highest BCUT2D eigenvalue weighted by atomic mass is 35.5. The van der Waals surface area contributed by atoms with E-state index in [2.05, 4.69) is 28.4 Å². The highest BCUT2D eigenvalue weighted by Gasteiger charge is 2.34. The van der Waals surface area contributed by atoms with Crippen molar-refractivity contribution in [1.82, 2.24) is 14.5 Å². The van der Waals surface area contributed by atoms with Crippen molar-refractivity contribution in [2.45, 2.75) is 13.0 Å². The van der Waals surface area contributed by atoms with Gasteiger partial charge >= 0.3 is 0 Å². The molecule has 170 valence electrons. The van der Waals surface area contributed by atoms with E-state index in [0.717, 1.165) is 47.8 Å². The van der Waals surface area contributed by atoms with E-state index in [0.29, 0.717) is 22.4 Å². The summed E-state index contributed by atoms with van der Waals surface area (Å²) in [7, 11) is 3.85. The summed E-state index contributed by atoms with van der Waals surface area (Å²) < 4.78 is 2.34. The number of hydrogen-bond donors (Lipinski definition) is 2. The van der Waals surface area contributed by atoms with Gasteiger partial charge in [0, 0.05) is 17.8 Å². The quantitative estimate of drug-likeness (QED) is 0.533. The predicted octanol–water partition coefficient (Wildman–Crippen LogP) is 2.87. The van der Waals surface area contributed by atoms with Crippen molar-refractivity contribution in [2.24, 2.45) is 5.73 Å². The van der Waals surface area contributed by atoms with Crippen molar-refractivity contribution in [3.8, 4) is 0 Å². The SMILES string of the molecule is CO[N+]1(C)CCN(C(CNc2c(C(N)=O)cnn3cc(C)cc23)c2ccccc2Cl)CC1. The Kier molecular flexibility index (Phi) is 6.39. The number of nitrogens with one attached hydrogen (secondary N) is 1. The number of primary amides is 1. The van der Waals surface area contributed by atoms with Crippen molar-refractivity contribution in [3.63, 3.8) is 0 Å². The number of carbonyl (C=O) groups is 1. The van der Waals surface area contributed by atoms with Crippen LogP contribution in [-0.4, -0.2) is 71.9 Å². The molecule has 1 fully saturated rings. The van der Waals surface area contributed by atoms with Gasteiger partial charge in [0.05, 0.1) is 56.3 Å². The lowest BCUT2D eigenvalue weighted by Gasteiger charge is -2.42. The lowest BCUT2D eigenvalue weighted by molar-refractivity contribution is -1.09. The van der Waals surface area contributed by atoms with Crippen molar-refractivity contribution in [1.29, 1.82) is 0 Å². The summed E-state index contributed by atoms with van der Waals surface area (Å²) >= 11 is 6.61. The molecule has 0 radical (unpaired) electrons. The van der Waals surface area contributed by atoms with Gasteiger partial charge < -0.3 is 11.1 Å². The van der Waals surface area contributed by atoms with Crippen molar-refractivity contribution in [2.75, 3.05) is 52.2 Å². The molecule has 1 amide bonds. The van der Waals surface area contributed by atoms with E-state index in [1.54, 1.807) is 11.6 Å².